The number of hydrogen-bond acceptors (Lipinski definition) is 3. The Kier molecular flexibility index (Phi) is 44.1. The second-order valence-corrected chi connectivity index (χ2v) is 4.38. The van der Waals surface area contributed by atoms with Gasteiger partial charge < -0.3 is 15.1 Å². The van der Waals surface area contributed by atoms with Crippen molar-refractivity contribution in [1.29, 1.82) is 0 Å². The van der Waals surface area contributed by atoms with Crippen LogP contribution in [0, 0.1) is 0 Å². The van der Waals surface area contributed by atoms with Crippen LogP contribution in [0.1, 0.15) is 74.7 Å². The van der Waals surface area contributed by atoms with Crippen LogP contribution < -0.4 is 0 Å². The minimum Gasteiger partial charge on any atom is -0.397 e. The Hall–Kier alpha value is -0.120. The van der Waals surface area contributed by atoms with Gasteiger partial charge >= 0.3 is 0 Å². The molecule has 2 N–H and O–H groups in total. The van der Waals surface area contributed by atoms with Gasteiger partial charge in [0.15, 0.2) is 0 Å². The van der Waals surface area contributed by atoms with Crippen molar-refractivity contribution in [2.75, 3.05) is 26.2 Å². The van der Waals surface area contributed by atoms with Crippen LogP contribution in [-0.2, 0) is 0 Å². The zero-order valence-electron chi connectivity index (χ0n) is 14.9. The Labute approximate surface area is 123 Å². The maximum absolute atomic E-state index is 8.06. The number of hydrogen-bond donors (Lipinski definition) is 2. The van der Waals surface area contributed by atoms with E-state index >= 15 is 0 Å². The van der Waals surface area contributed by atoms with Crippen LogP contribution in [0.3, 0.4) is 0 Å². The Morgan fingerprint density at radius 2 is 1.00 bits per heavy atom. The van der Waals surface area contributed by atoms with Crippen molar-refractivity contribution in [2.24, 2.45) is 0 Å². The third kappa shape index (κ3) is 72.6. The average molecular weight is 280 g/mol. The lowest BCUT2D eigenvalue weighted by molar-refractivity contribution is 0.216. The number of nitrogens with zero attached hydrogens (tertiary/aromatic N) is 1. The summed E-state index contributed by atoms with van der Waals surface area (Å²) in [6.45, 7) is 19.9. The van der Waals surface area contributed by atoms with E-state index in [1.807, 2.05) is 0 Å². The molecule has 0 aliphatic heterocycles. The second kappa shape index (κ2) is 30.7. The quantitative estimate of drug-likeness (QED) is 0.801. The Balaban J connectivity index is -0.0000000833. The van der Waals surface area contributed by atoms with Crippen LogP contribution >= 0.6 is 0 Å². The molecule has 0 aliphatic carbocycles. The fraction of sp³-hybridized carbons (Fsp3) is 1.00. The normalized spacial score (nSPS) is 8.84. The molecule has 0 aromatic carbocycles. The highest BCUT2D eigenvalue weighted by molar-refractivity contribution is 4.43. The van der Waals surface area contributed by atoms with Gasteiger partial charge in [-0.25, -0.2) is 0 Å². The molecule has 0 aromatic rings. The zero-order valence-corrected chi connectivity index (χ0v) is 14.9. The summed E-state index contributed by atoms with van der Waals surface area (Å²) >= 11 is 0. The molecule has 0 saturated carbocycles. The van der Waals surface area contributed by atoms with Crippen LogP contribution in [0.25, 0.3) is 0 Å². The van der Waals surface area contributed by atoms with Crippen molar-refractivity contribution in [1.82, 2.24) is 4.90 Å². The Bertz CT molecular complexity index is 94.7. The van der Waals surface area contributed by atoms with E-state index in [0.29, 0.717) is 0 Å². The van der Waals surface area contributed by atoms with Gasteiger partial charge in [-0.2, -0.15) is 0 Å². The molecule has 0 aliphatic rings. The Morgan fingerprint density at radius 1 is 0.789 bits per heavy atom. The molecule has 3 heteroatoms. The first-order chi connectivity index (χ1) is 8.91. The molecular formula is C16H41NO2. The predicted octanol–water partition coefficient (Wildman–Crippen LogP) is 3.93. The van der Waals surface area contributed by atoms with Crippen molar-refractivity contribution < 1.29 is 10.2 Å². The van der Waals surface area contributed by atoms with E-state index in [9.17, 15) is 0 Å². The largest absolute Gasteiger partial charge is 0.397 e. The molecule has 0 saturated heterocycles. The van der Waals surface area contributed by atoms with E-state index in [0.717, 1.165) is 0 Å². The third-order valence-corrected chi connectivity index (χ3v) is 2.05. The van der Waals surface area contributed by atoms with Crippen molar-refractivity contribution in [3.63, 3.8) is 0 Å². The summed E-state index contributed by atoms with van der Waals surface area (Å²) in [6.07, 6.45) is 3.91. The van der Waals surface area contributed by atoms with E-state index < -0.39 is 0 Å². The molecule has 19 heavy (non-hydrogen) atoms. The van der Waals surface area contributed by atoms with E-state index in [1.165, 1.54) is 38.9 Å². The van der Waals surface area contributed by atoms with E-state index in [-0.39, 0.29) is 12.7 Å². The van der Waals surface area contributed by atoms with Crippen molar-refractivity contribution in [3.05, 3.63) is 0 Å². The smallest absolute Gasteiger partial charge is 0.0483 e. The number of rotatable bonds is 5. The van der Waals surface area contributed by atoms with Gasteiger partial charge in [0.1, 0.15) is 0 Å². The first-order valence-electron chi connectivity index (χ1n) is 7.92. The van der Waals surface area contributed by atoms with Gasteiger partial charge in [0.25, 0.3) is 0 Å². The summed E-state index contributed by atoms with van der Waals surface area (Å²) in [5, 5.41) is 15.6. The molecule has 0 aromatic heterocycles. The lowest BCUT2D eigenvalue weighted by Crippen LogP contribution is -2.21. The number of aliphatic hydroxyl groups is 2. The summed E-state index contributed by atoms with van der Waals surface area (Å²) < 4.78 is 0. The summed E-state index contributed by atoms with van der Waals surface area (Å²) in [5.41, 5.74) is 0. The number of unbranched alkanes of at least 4 members (excludes halogenated alkanes) is 2. The minimum atomic E-state index is -0.167. The molecule has 0 rings (SSSR count). The molecule has 0 amide bonds. The summed E-state index contributed by atoms with van der Waals surface area (Å²) in [6, 6.07) is 0. The molecule has 0 fully saturated rings. The maximum Gasteiger partial charge on any atom is 0.0483 e. The van der Waals surface area contributed by atoms with E-state index in [4.69, 9.17) is 10.2 Å². The highest BCUT2D eigenvalue weighted by Gasteiger charge is 1.89. The van der Waals surface area contributed by atoms with Crippen molar-refractivity contribution in [3.8, 4) is 0 Å². The van der Waals surface area contributed by atoms with Crippen molar-refractivity contribution in [2.45, 2.75) is 80.8 Å². The summed E-state index contributed by atoms with van der Waals surface area (Å²) in [4.78, 5) is 2.38. The van der Waals surface area contributed by atoms with Crippen LogP contribution in [0.4, 0.5) is 0 Å². The molecule has 0 atom stereocenters. The van der Waals surface area contributed by atoms with Gasteiger partial charge in [-0.15, -0.1) is 0 Å². The van der Waals surface area contributed by atoms with E-state index in [2.05, 4.69) is 39.5 Å². The molecule has 0 unspecified atom stereocenters. The van der Waals surface area contributed by atoms with E-state index in [1.54, 1.807) is 20.8 Å². The fourth-order valence-electron chi connectivity index (χ4n) is 1.02. The van der Waals surface area contributed by atoms with Crippen LogP contribution in [0.15, 0.2) is 0 Å². The molecular weight excluding hydrogens is 238 g/mol. The second-order valence-electron chi connectivity index (χ2n) is 4.38. The fourth-order valence-corrected chi connectivity index (χ4v) is 1.02. The van der Waals surface area contributed by atoms with Crippen LogP contribution in [0.2, 0.25) is 0 Å². The third-order valence-electron chi connectivity index (χ3n) is 2.05. The molecule has 0 spiro atoms. The number of aliphatic hydroxyl groups excluding tert-OH is 2. The van der Waals surface area contributed by atoms with Gasteiger partial charge in [-0.3, -0.25) is 0 Å². The molecule has 0 radical (unpaired) electrons. The standard InChI is InChI=1S/C6H15N.C5H12.C3H8O.C2H6O/c1-4-7(5-2)6-3;1-3-5-4-2;1-3(2)4;1-2-3/h4-6H2,1-3H3;3-5H2,1-2H3;3-4H,1-2H3;3H,2H2,1H3. The average Bonchev–Trinajstić information content (AvgIpc) is 2.33. The van der Waals surface area contributed by atoms with Crippen molar-refractivity contribution >= 4 is 0 Å². The van der Waals surface area contributed by atoms with Gasteiger partial charge in [0.2, 0.25) is 0 Å². The van der Waals surface area contributed by atoms with Gasteiger partial charge in [-0.05, 0) is 40.4 Å². The molecule has 122 valence electrons. The first kappa shape index (κ1) is 27.3. The highest BCUT2D eigenvalue weighted by atomic mass is 16.3. The predicted molar refractivity (Wildman–Crippen MR) is 88.8 cm³/mol. The zero-order chi connectivity index (χ0) is 16.1. The summed E-state index contributed by atoms with van der Waals surface area (Å²) in [5.74, 6) is 0. The Morgan fingerprint density at radius 3 is 1.00 bits per heavy atom. The maximum atomic E-state index is 8.06. The van der Waals surface area contributed by atoms with Crippen LogP contribution in [-0.4, -0.2) is 47.5 Å². The molecule has 3 nitrogen and oxygen atoms in total. The summed E-state index contributed by atoms with van der Waals surface area (Å²) in [7, 11) is 0. The van der Waals surface area contributed by atoms with Gasteiger partial charge in [0, 0.05) is 12.7 Å². The SMILES string of the molecule is CC(C)O.CCCCC.CCN(CC)CC.CCO. The first-order valence-corrected chi connectivity index (χ1v) is 7.92. The van der Waals surface area contributed by atoms with Gasteiger partial charge in [-0.1, -0.05) is 53.9 Å². The lowest BCUT2D eigenvalue weighted by Gasteiger charge is -2.13. The monoisotopic (exact) mass is 279 g/mol. The van der Waals surface area contributed by atoms with Gasteiger partial charge in [0.05, 0.1) is 0 Å². The molecule has 0 heterocycles. The topological polar surface area (TPSA) is 43.7 Å². The molecule has 0 bridgehead atoms. The highest BCUT2D eigenvalue weighted by Crippen LogP contribution is 1.88. The minimum absolute atomic E-state index is 0.167. The van der Waals surface area contributed by atoms with Crippen LogP contribution in [0.5, 0.6) is 0 Å². The lowest BCUT2D eigenvalue weighted by atomic mass is 10.3.